The molecular formula is C14H17NO2. The van der Waals surface area contributed by atoms with Crippen molar-refractivity contribution in [2.24, 2.45) is 11.3 Å². The van der Waals surface area contributed by atoms with E-state index in [0.717, 1.165) is 32.2 Å². The Hall–Kier alpha value is -1.51. The number of nitrogens with one attached hydrogen (secondary N) is 1. The third-order valence-corrected chi connectivity index (χ3v) is 4.20. The van der Waals surface area contributed by atoms with Crippen LogP contribution in [0.3, 0.4) is 0 Å². The fraction of sp³-hybridized carbons (Fsp3) is 0.500. The first kappa shape index (κ1) is 10.6. The topological polar surface area (TPSA) is 49.3 Å². The van der Waals surface area contributed by atoms with Gasteiger partial charge in [-0.15, -0.1) is 0 Å². The van der Waals surface area contributed by atoms with Crippen LogP contribution in [0.2, 0.25) is 0 Å². The number of amides is 1. The van der Waals surface area contributed by atoms with Crippen molar-refractivity contribution >= 4 is 5.91 Å². The lowest BCUT2D eigenvalue weighted by atomic mass is 9.77. The zero-order chi connectivity index (χ0) is 11.9. The molecule has 1 aliphatic carbocycles. The van der Waals surface area contributed by atoms with Crippen LogP contribution in [0, 0.1) is 11.3 Å². The van der Waals surface area contributed by atoms with E-state index in [1.54, 1.807) is 6.07 Å². The zero-order valence-corrected chi connectivity index (χ0v) is 9.78. The predicted octanol–water partition coefficient (Wildman–Crippen LogP) is 1.85. The van der Waals surface area contributed by atoms with Gasteiger partial charge in [-0.3, -0.25) is 4.79 Å². The molecule has 2 atom stereocenters. The van der Waals surface area contributed by atoms with Crippen LogP contribution in [0.15, 0.2) is 24.3 Å². The molecule has 2 bridgehead atoms. The van der Waals surface area contributed by atoms with Crippen LogP contribution in [-0.2, 0) is 11.2 Å². The summed E-state index contributed by atoms with van der Waals surface area (Å²) in [6.45, 7) is 0.790. The minimum Gasteiger partial charge on any atom is -0.508 e. The maximum absolute atomic E-state index is 11.5. The number of benzene rings is 1. The van der Waals surface area contributed by atoms with Crippen LogP contribution >= 0.6 is 0 Å². The van der Waals surface area contributed by atoms with Gasteiger partial charge >= 0.3 is 0 Å². The van der Waals surface area contributed by atoms with Crippen molar-refractivity contribution in [2.75, 3.05) is 6.54 Å². The maximum atomic E-state index is 11.5. The number of hydrogen-bond donors (Lipinski definition) is 2. The van der Waals surface area contributed by atoms with Gasteiger partial charge in [-0.05, 0) is 48.8 Å². The fourth-order valence-electron chi connectivity index (χ4n) is 3.33. The lowest BCUT2D eigenvalue weighted by Gasteiger charge is -2.33. The number of hydrogen-bond acceptors (Lipinski definition) is 2. The van der Waals surface area contributed by atoms with E-state index in [1.807, 2.05) is 12.1 Å². The molecule has 2 aliphatic rings. The predicted molar refractivity (Wildman–Crippen MR) is 64.6 cm³/mol. The number of carbonyl (C=O) groups is 1. The van der Waals surface area contributed by atoms with Gasteiger partial charge in [0.1, 0.15) is 5.75 Å². The summed E-state index contributed by atoms with van der Waals surface area (Å²) in [5.41, 5.74) is 1.40. The second kappa shape index (κ2) is 3.76. The Morgan fingerprint density at radius 1 is 1.47 bits per heavy atom. The number of carbonyl (C=O) groups excluding carboxylic acids is 1. The quantitative estimate of drug-likeness (QED) is 0.816. The summed E-state index contributed by atoms with van der Waals surface area (Å²) in [5, 5.41) is 12.5. The van der Waals surface area contributed by atoms with Crippen LogP contribution in [-0.4, -0.2) is 17.6 Å². The molecule has 90 valence electrons. The second-order valence-electron chi connectivity index (χ2n) is 5.50. The van der Waals surface area contributed by atoms with Crippen molar-refractivity contribution in [1.29, 1.82) is 0 Å². The highest BCUT2D eigenvalue weighted by molar-refractivity contribution is 5.80. The highest BCUT2D eigenvalue weighted by atomic mass is 16.3. The summed E-state index contributed by atoms with van der Waals surface area (Å²) in [6, 6.07) is 7.47. The first-order valence-electron chi connectivity index (χ1n) is 6.23. The number of piperidine rings is 1. The first-order valence-corrected chi connectivity index (χ1v) is 6.23. The van der Waals surface area contributed by atoms with Gasteiger partial charge in [-0.25, -0.2) is 0 Å². The average Bonchev–Trinajstić information content (AvgIpc) is 2.65. The molecular weight excluding hydrogens is 214 g/mol. The molecule has 1 heterocycles. The minimum absolute atomic E-state index is 0.223. The fourth-order valence-corrected chi connectivity index (χ4v) is 3.33. The van der Waals surface area contributed by atoms with E-state index in [2.05, 4.69) is 11.4 Å². The van der Waals surface area contributed by atoms with Gasteiger partial charge < -0.3 is 10.4 Å². The molecule has 3 nitrogen and oxygen atoms in total. The van der Waals surface area contributed by atoms with E-state index in [-0.39, 0.29) is 17.2 Å². The smallest absolute Gasteiger partial charge is 0.223 e. The van der Waals surface area contributed by atoms with Crippen molar-refractivity contribution in [1.82, 2.24) is 5.32 Å². The number of aromatic hydroxyl groups is 1. The molecule has 0 radical (unpaired) electrons. The Morgan fingerprint density at radius 2 is 2.35 bits per heavy atom. The molecule has 1 amide bonds. The van der Waals surface area contributed by atoms with Gasteiger partial charge in [0, 0.05) is 12.5 Å². The molecule has 2 fully saturated rings. The maximum Gasteiger partial charge on any atom is 0.223 e. The number of fused-ring (bicyclic) bond motifs is 2. The van der Waals surface area contributed by atoms with Gasteiger partial charge in [0.15, 0.2) is 0 Å². The van der Waals surface area contributed by atoms with E-state index in [9.17, 15) is 9.90 Å². The SMILES string of the molecule is O=C1NCC2(Cc3cccc(O)c3)CCC1C2. The van der Waals surface area contributed by atoms with Crippen molar-refractivity contribution in [3.8, 4) is 5.75 Å². The van der Waals surface area contributed by atoms with Crippen molar-refractivity contribution < 1.29 is 9.90 Å². The summed E-state index contributed by atoms with van der Waals surface area (Å²) in [7, 11) is 0. The summed E-state index contributed by atoms with van der Waals surface area (Å²) < 4.78 is 0. The van der Waals surface area contributed by atoms with Gasteiger partial charge in [-0.1, -0.05) is 12.1 Å². The summed E-state index contributed by atoms with van der Waals surface area (Å²) in [6.07, 6.45) is 4.10. The molecule has 3 rings (SSSR count). The van der Waals surface area contributed by atoms with E-state index in [4.69, 9.17) is 0 Å². The average molecular weight is 231 g/mol. The third kappa shape index (κ3) is 1.90. The Morgan fingerprint density at radius 3 is 3.18 bits per heavy atom. The largest absolute Gasteiger partial charge is 0.508 e. The highest BCUT2D eigenvalue weighted by Crippen LogP contribution is 2.46. The molecule has 2 unspecified atom stereocenters. The standard InChI is InChI=1S/C14H17NO2/c16-12-3-1-2-10(6-12)7-14-5-4-11(8-14)13(17)15-9-14/h1-3,6,11,16H,4-5,7-9H2,(H,15,17). The van der Waals surface area contributed by atoms with Crippen molar-refractivity contribution in [2.45, 2.75) is 25.7 Å². The summed E-state index contributed by atoms with van der Waals surface area (Å²) >= 11 is 0. The van der Waals surface area contributed by atoms with E-state index >= 15 is 0 Å². The van der Waals surface area contributed by atoms with Crippen LogP contribution < -0.4 is 5.32 Å². The zero-order valence-electron chi connectivity index (χ0n) is 9.78. The molecule has 0 aromatic heterocycles. The normalized spacial score (nSPS) is 31.3. The lowest BCUT2D eigenvalue weighted by Crippen LogP contribution is -2.44. The molecule has 1 aromatic rings. The van der Waals surface area contributed by atoms with Crippen molar-refractivity contribution in [3.63, 3.8) is 0 Å². The van der Waals surface area contributed by atoms with Gasteiger partial charge in [0.2, 0.25) is 5.91 Å². The molecule has 1 saturated heterocycles. The first-order chi connectivity index (χ1) is 8.17. The number of rotatable bonds is 2. The monoisotopic (exact) mass is 231 g/mol. The third-order valence-electron chi connectivity index (χ3n) is 4.20. The lowest BCUT2D eigenvalue weighted by molar-refractivity contribution is -0.127. The van der Waals surface area contributed by atoms with E-state index < -0.39 is 0 Å². The minimum atomic E-state index is 0.223. The molecule has 1 aliphatic heterocycles. The Labute approximate surface area is 101 Å². The molecule has 3 heteroatoms. The van der Waals surface area contributed by atoms with Crippen molar-refractivity contribution in [3.05, 3.63) is 29.8 Å². The second-order valence-corrected chi connectivity index (χ2v) is 5.50. The summed E-state index contributed by atoms with van der Waals surface area (Å²) in [5.74, 6) is 0.781. The number of phenolic OH excluding ortho intramolecular Hbond substituents is 1. The highest BCUT2D eigenvalue weighted by Gasteiger charge is 2.45. The Bertz CT molecular complexity index is 457. The van der Waals surface area contributed by atoms with Gasteiger partial charge in [-0.2, -0.15) is 0 Å². The Kier molecular flexibility index (Phi) is 2.35. The summed E-state index contributed by atoms with van der Waals surface area (Å²) in [4.78, 5) is 11.5. The molecule has 1 saturated carbocycles. The number of phenols is 1. The van der Waals surface area contributed by atoms with E-state index in [0.29, 0.717) is 5.75 Å². The van der Waals surface area contributed by atoms with Crippen LogP contribution in [0.4, 0.5) is 0 Å². The Balaban J connectivity index is 1.79. The van der Waals surface area contributed by atoms with E-state index in [1.165, 1.54) is 5.56 Å². The molecule has 17 heavy (non-hydrogen) atoms. The van der Waals surface area contributed by atoms with Crippen LogP contribution in [0.5, 0.6) is 5.75 Å². The van der Waals surface area contributed by atoms with Crippen LogP contribution in [0.1, 0.15) is 24.8 Å². The van der Waals surface area contributed by atoms with Gasteiger partial charge in [0.05, 0.1) is 0 Å². The molecule has 2 N–H and O–H groups in total. The van der Waals surface area contributed by atoms with Gasteiger partial charge in [0.25, 0.3) is 0 Å². The molecule has 0 spiro atoms. The molecule has 1 aromatic carbocycles. The van der Waals surface area contributed by atoms with Crippen LogP contribution in [0.25, 0.3) is 0 Å².